The number of nitrogens with zero attached hydrogens (tertiary/aromatic N) is 8. The second-order valence-corrected chi connectivity index (χ2v) is 18.4. The molecule has 63 heavy (non-hydrogen) atoms. The van der Waals surface area contributed by atoms with Crippen LogP contribution in [0.1, 0.15) is 11.1 Å². The van der Waals surface area contributed by atoms with Crippen LogP contribution in [0.25, 0.3) is 12.2 Å². The van der Waals surface area contributed by atoms with Gasteiger partial charge in [-0.1, -0.05) is 29.1 Å². The van der Waals surface area contributed by atoms with Crippen LogP contribution in [0.4, 0.5) is 28.4 Å². The summed E-state index contributed by atoms with van der Waals surface area (Å²) < 4.78 is 131. The topological polar surface area (TPSA) is 335 Å². The fraction of sp³-hybridized carbons (Fsp3) is 0. The normalized spacial score (nSPS) is 14.8. The molecule has 0 aromatic heterocycles. The highest BCUT2D eigenvalue weighted by atomic mass is 32.2. The number of hydrogen-bond acceptors (Lipinski definition) is 14. The molecule has 0 saturated carbocycles. The number of allylic oxidation sites excluding steroid dienone is 8. The zero-order valence-electron chi connectivity index (χ0n) is 31.6. The molecule has 0 unspecified atom stereocenters. The average molecular weight is 934 g/mol. The highest BCUT2D eigenvalue weighted by Gasteiger charge is 2.19. The van der Waals surface area contributed by atoms with Crippen LogP contribution in [0.15, 0.2) is 179 Å². The maximum Gasteiger partial charge on any atom is 0.365 e. The molecule has 0 fully saturated rings. The van der Waals surface area contributed by atoms with Gasteiger partial charge in [0.2, 0.25) is 15.8 Å². The second kappa shape index (κ2) is 18.5. The standard InChI is InChI=1S/C38H28N8O13S4/c47-46(34-17-21-36(22-18-34)61(51,52)53)45-31-13-11-29(12-14-31)42-44-33-6-4-26(38(24-33)63(57,58)59)2-1-25-3-5-32(23-37(25)62(54,55)56)43-41-28-9-7-27(8-10-28)39-40-30-15-19-35(20-16-30)60(48,49)50/h1-24H,(H4,48,49,50,51,52,53,54,55,56,57,58,59)/p+1. The smallest absolute Gasteiger partial charge is 0.365 e. The monoisotopic (exact) mass is 933 g/mol. The van der Waals surface area contributed by atoms with Crippen molar-refractivity contribution >= 4 is 103 Å². The molecule has 2 aliphatic rings. The predicted octanol–water partition coefficient (Wildman–Crippen LogP) is 7.12. The summed E-state index contributed by atoms with van der Waals surface area (Å²) in [5, 5.41) is 36.4. The molecule has 21 nitrogen and oxygen atoms in total. The summed E-state index contributed by atoms with van der Waals surface area (Å²) in [7, 11) is -18.3. The van der Waals surface area contributed by atoms with Crippen LogP contribution in [-0.4, -0.2) is 83.9 Å². The quantitative estimate of drug-likeness (QED) is 0.0146. The van der Waals surface area contributed by atoms with Crippen molar-refractivity contribution in [3.05, 3.63) is 150 Å². The van der Waals surface area contributed by atoms with Gasteiger partial charge in [-0.05, 0) is 108 Å². The maximum absolute atomic E-state index is 12.4. The molecular weight excluding hydrogens is 905 g/mol. The van der Waals surface area contributed by atoms with E-state index in [2.05, 4.69) is 35.4 Å². The lowest BCUT2D eigenvalue weighted by Crippen LogP contribution is -2.11. The Morgan fingerprint density at radius 2 is 0.984 bits per heavy atom. The van der Waals surface area contributed by atoms with Gasteiger partial charge in [-0.15, -0.1) is 0 Å². The molecule has 4 aromatic rings. The molecule has 0 bridgehead atoms. The Morgan fingerprint density at radius 3 is 1.49 bits per heavy atom. The molecule has 322 valence electrons. The van der Waals surface area contributed by atoms with Crippen LogP contribution in [-0.2, 0) is 40.4 Å². The van der Waals surface area contributed by atoms with Crippen LogP contribution < -0.4 is 0 Å². The van der Waals surface area contributed by atoms with Gasteiger partial charge in [0.25, 0.3) is 30.4 Å². The van der Waals surface area contributed by atoms with Crippen molar-refractivity contribution in [3.63, 3.8) is 0 Å². The second-order valence-electron chi connectivity index (χ2n) is 12.7. The van der Waals surface area contributed by atoms with Gasteiger partial charge in [0, 0.05) is 29.4 Å². The zero-order chi connectivity index (χ0) is 45.6. The molecule has 0 aliphatic heterocycles. The molecular formula is C38H29N8O13S4+. The molecule has 4 aromatic carbocycles. The van der Waals surface area contributed by atoms with Crippen LogP contribution in [0, 0.1) is 5.21 Å². The molecule has 0 spiro atoms. The Labute approximate surface area is 358 Å². The van der Waals surface area contributed by atoms with E-state index in [1.807, 2.05) is 0 Å². The molecule has 0 heterocycles. The molecule has 5 N–H and O–H groups in total. The van der Waals surface area contributed by atoms with Gasteiger partial charge >= 0.3 is 5.71 Å². The molecule has 0 atom stereocenters. The highest BCUT2D eigenvalue weighted by Crippen LogP contribution is 2.29. The van der Waals surface area contributed by atoms with E-state index in [0.29, 0.717) is 17.1 Å². The third-order valence-electron chi connectivity index (χ3n) is 8.24. The van der Waals surface area contributed by atoms with Crippen LogP contribution in [0.5, 0.6) is 0 Å². The summed E-state index contributed by atoms with van der Waals surface area (Å²) >= 11 is 0. The van der Waals surface area contributed by atoms with E-state index < -0.39 is 55.1 Å². The summed E-state index contributed by atoms with van der Waals surface area (Å²) in [4.78, 5) is 2.52. The van der Waals surface area contributed by atoms with E-state index in [1.54, 1.807) is 12.2 Å². The van der Waals surface area contributed by atoms with Crippen LogP contribution in [0.3, 0.4) is 0 Å². The number of rotatable bonds is 11. The Balaban J connectivity index is 1.16. The number of hydrogen-bond donors (Lipinski definition) is 5. The minimum absolute atomic E-state index is 0.00630. The molecule has 0 amide bonds. The lowest BCUT2D eigenvalue weighted by molar-refractivity contribution is -0.435. The fourth-order valence-corrected chi connectivity index (χ4v) is 7.57. The summed E-state index contributed by atoms with van der Waals surface area (Å²) in [6.45, 7) is 0. The Bertz CT molecular complexity index is 3310. The van der Waals surface area contributed by atoms with Crippen molar-refractivity contribution in [2.24, 2.45) is 30.7 Å². The van der Waals surface area contributed by atoms with Gasteiger partial charge in [0.05, 0.1) is 37.3 Å². The van der Waals surface area contributed by atoms with Crippen molar-refractivity contribution in [1.29, 1.82) is 0 Å². The largest absolute Gasteiger partial charge is 0.594 e. The van der Waals surface area contributed by atoms with Gasteiger partial charge in [0.15, 0.2) is 5.69 Å². The Hall–Kier alpha value is -7.03. The van der Waals surface area contributed by atoms with Crippen molar-refractivity contribution < 1.29 is 61.9 Å². The summed E-state index contributed by atoms with van der Waals surface area (Å²) in [5.74, 6) is 0. The van der Waals surface area contributed by atoms with Gasteiger partial charge in [-0.25, -0.2) is 4.21 Å². The minimum Gasteiger partial charge on any atom is -0.594 e. The average Bonchev–Trinajstić information content (AvgIpc) is 3.23. The van der Waals surface area contributed by atoms with Gasteiger partial charge < -0.3 is 5.21 Å². The molecule has 0 radical (unpaired) electrons. The van der Waals surface area contributed by atoms with E-state index >= 15 is 0 Å². The SMILES string of the molecule is O=S(=O)(O)c1ccc([N+]([O-])=Nc2ccc(N=Nc3ccc(C=Cc4ccc(N=[N+]=C5C=CC(=NN=C6C=CC(=S(=O)(O)O)C=C6)C=C5)cc4S(=O)(=O)O)c(S(=O)(=O)O)c3)cc2)cc1. The van der Waals surface area contributed by atoms with Gasteiger partial charge in [0.1, 0.15) is 20.6 Å². The lowest BCUT2D eigenvalue weighted by Gasteiger charge is -2.06. The first-order valence-electron chi connectivity index (χ1n) is 17.3. The number of benzene rings is 4. The van der Waals surface area contributed by atoms with Gasteiger partial charge in [-0.2, -0.15) is 45.7 Å². The predicted molar refractivity (Wildman–Crippen MR) is 231 cm³/mol. The van der Waals surface area contributed by atoms with Crippen LogP contribution >= 0.6 is 0 Å². The summed E-state index contributed by atoms with van der Waals surface area (Å²) in [6.07, 6.45) is 13.8. The molecule has 25 heteroatoms. The highest BCUT2D eigenvalue weighted by molar-refractivity contribution is 7.92. The van der Waals surface area contributed by atoms with E-state index in [-0.39, 0.29) is 49.3 Å². The third-order valence-corrected chi connectivity index (χ3v) is 11.8. The lowest BCUT2D eigenvalue weighted by atomic mass is 10.1. The van der Waals surface area contributed by atoms with Gasteiger partial charge in [-0.3, -0.25) is 22.8 Å². The Morgan fingerprint density at radius 1 is 0.524 bits per heavy atom. The minimum atomic E-state index is -4.87. The van der Waals surface area contributed by atoms with Crippen molar-refractivity contribution in [2.75, 3.05) is 0 Å². The Kier molecular flexibility index (Phi) is 13.4. The molecule has 6 rings (SSSR count). The molecule has 0 saturated heterocycles. The summed E-state index contributed by atoms with van der Waals surface area (Å²) in [6, 6.07) is 17.5. The van der Waals surface area contributed by atoms with E-state index in [4.69, 9.17) is 4.55 Å². The molecule has 2 aliphatic carbocycles. The van der Waals surface area contributed by atoms with E-state index in [9.17, 15) is 52.9 Å². The number of azo groups is 2. The van der Waals surface area contributed by atoms with Crippen molar-refractivity contribution in [3.8, 4) is 0 Å². The van der Waals surface area contributed by atoms with Crippen molar-refractivity contribution in [1.82, 2.24) is 0 Å². The maximum atomic E-state index is 12.4. The van der Waals surface area contributed by atoms with Crippen molar-refractivity contribution in [2.45, 2.75) is 14.7 Å². The first kappa shape index (κ1) is 45.5. The summed E-state index contributed by atoms with van der Waals surface area (Å²) in [5.41, 5.74) is 1.38. The van der Waals surface area contributed by atoms with E-state index in [1.165, 1.54) is 97.1 Å². The first-order chi connectivity index (χ1) is 29.6. The van der Waals surface area contributed by atoms with Crippen LogP contribution in [0.2, 0.25) is 0 Å². The van der Waals surface area contributed by atoms with E-state index in [0.717, 1.165) is 36.4 Å². The fourth-order valence-electron chi connectivity index (χ4n) is 5.19. The zero-order valence-corrected chi connectivity index (χ0v) is 34.8. The first-order valence-corrected chi connectivity index (χ1v) is 23.1. The third kappa shape index (κ3) is 12.5.